The lowest BCUT2D eigenvalue weighted by atomic mass is 9.95. The van der Waals surface area contributed by atoms with Gasteiger partial charge in [-0.3, -0.25) is 0 Å². The zero-order valence-electron chi connectivity index (χ0n) is 24.4. The molecule has 4 aromatic carbocycles. The number of alkyl carbamates (subject to hydrolysis) is 1. The van der Waals surface area contributed by atoms with Crippen LogP contribution >= 0.6 is 0 Å². The van der Waals surface area contributed by atoms with Crippen molar-refractivity contribution in [1.82, 2.24) is 14.9 Å². The minimum atomic E-state index is -0.963. The molecule has 8 heteroatoms. The molecule has 0 saturated heterocycles. The second kappa shape index (κ2) is 13.5. The van der Waals surface area contributed by atoms with E-state index in [1.807, 2.05) is 91.0 Å². The van der Waals surface area contributed by atoms with Gasteiger partial charge in [-0.2, -0.15) is 0 Å². The van der Waals surface area contributed by atoms with Crippen molar-refractivity contribution >= 4 is 23.1 Å². The van der Waals surface area contributed by atoms with Crippen molar-refractivity contribution in [3.63, 3.8) is 0 Å². The van der Waals surface area contributed by atoms with Crippen molar-refractivity contribution < 1.29 is 24.2 Å². The predicted octanol–water partition coefficient (Wildman–Crippen LogP) is 7.95. The lowest BCUT2D eigenvalue weighted by molar-refractivity contribution is 0.0697. The Hall–Kier alpha value is -5.11. The van der Waals surface area contributed by atoms with Gasteiger partial charge in [-0.05, 0) is 66.4 Å². The molecule has 1 atom stereocenters. The Kier molecular flexibility index (Phi) is 8.87. The van der Waals surface area contributed by atoms with E-state index >= 15 is 0 Å². The van der Waals surface area contributed by atoms with Gasteiger partial charge in [0.2, 0.25) is 0 Å². The molecule has 44 heavy (non-hydrogen) atoms. The van der Waals surface area contributed by atoms with E-state index in [-0.39, 0.29) is 18.8 Å². The van der Waals surface area contributed by atoms with E-state index in [1.165, 1.54) is 19.3 Å². The minimum Gasteiger partial charge on any atom is -0.491 e. The van der Waals surface area contributed by atoms with Gasteiger partial charge in [0, 0.05) is 11.6 Å². The molecule has 2 N–H and O–H groups in total. The molecule has 8 nitrogen and oxygen atoms in total. The van der Waals surface area contributed by atoms with Crippen LogP contribution in [0.25, 0.3) is 22.4 Å². The van der Waals surface area contributed by atoms with Gasteiger partial charge in [-0.15, -0.1) is 0 Å². The summed E-state index contributed by atoms with van der Waals surface area (Å²) in [5, 5.41) is 12.5. The number of nitrogens with zero attached hydrogens (tertiary/aromatic N) is 2. The molecule has 5 aromatic rings. The van der Waals surface area contributed by atoms with Crippen molar-refractivity contribution in [3.05, 3.63) is 120 Å². The fraction of sp³-hybridized carbons (Fsp3) is 0.250. The molecule has 0 aliphatic heterocycles. The lowest BCUT2D eigenvalue weighted by Gasteiger charge is -2.25. The summed E-state index contributed by atoms with van der Waals surface area (Å²) in [6.45, 7) is 0.391. The van der Waals surface area contributed by atoms with Gasteiger partial charge >= 0.3 is 12.1 Å². The van der Waals surface area contributed by atoms with Gasteiger partial charge in [-0.1, -0.05) is 79.9 Å². The summed E-state index contributed by atoms with van der Waals surface area (Å²) in [4.78, 5) is 29.2. The molecule has 1 fully saturated rings. The number of ether oxygens (including phenoxy) is 2. The van der Waals surface area contributed by atoms with Gasteiger partial charge < -0.3 is 24.5 Å². The Balaban J connectivity index is 1.19. The van der Waals surface area contributed by atoms with Crippen LogP contribution in [0.1, 0.15) is 65.7 Å². The van der Waals surface area contributed by atoms with Crippen molar-refractivity contribution in [1.29, 1.82) is 0 Å². The molecule has 1 amide bonds. The average molecular weight is 590 g/mol. The first-order valence-corrected chi connectivity index (χ1v) is 15.1. The largest absolute Gasteiger partial charge is 0.491 e. The topological polar surface area (TPSA) is 103 Å². The first-order valence-electron chi connectivity index (χ1n) is 15.1. The number of imidazole rings is 1. The average Bonchev–Trinajstić information content (AvgIpc) is 3.46. The Labute approximate surface area is 256 Å². The summed E-state index contributed by atoms with van der Waals surface area (Å²) in [6, 6.07) is 32.1. The van der Waals surface area contributed by atoms with Crippen LogP contribution in [0.4, 0.5) is 4.79 Å². The molecule has 1 saturated carbocycles. The van der Waals surface area contributed by atoms with E-state index in [2.05, 4.69) is 9.88 Å². The third-order valence-electron chi connectivity index (χ3n) is 8.11. The minimum absolute atomic E-state index is 0.180. The third-order valence-corrected chi connectivity index (χ3v) is 8.11. The van der Waals surface area contributed by atoms with E-state index in [0.29, 0.717) is 17.3 Å². The van der Waals surface area contributed by atoms with E-state index in [0.717, 1.165) is 40.9 Å². The van der Waals surface area contributed by atoms with Crippen LogP contribution in [0.5, 0.6) is 5.75 Å². The number of fused-ring (bicyclic) bond motifs is 1. The molecular weight excluding hydrogens is 554 g/mol. The highest BCUT2D eigenvalue weighted by Gasteiger charge is 2.23. The van der Waals surface area contributed by atoms with Gasteiger partial charge in [-0.25, -0.2) is 14.6 Å². The number of benzene rings is 4. The number of rotatable bonds is 10. The third kappa shape index (κ3) is 6.75. The molecule has 0 bridgehead atoms. The van der Waals surface area contributed by atoms with Crippen LogP contribution in [0.2, 0.25) is 0 Å². The standard InChI is InChI=1S/C36H35N3O5/c40-35(41)28-18-21-33-31(22-28)37-34(39(33)29-14-8-3-9-15-29)27-16-19-30(20-17-27)43-24-32(26-12-6-2-7-13-26)38-36(42)44-23-25-10-4-1-5-11-25/h1-2,4-7,10-13,16-22,29,32H,3,8-9,14-15,23-24H2,(H,38,42)(H,40,41). The van der Waals surface area contributed by atoms with Crippen LogP contribution in [0, 0.1) is 0 Å². The second-order valence-corrected chi connectivity index (χ2v) is 11.1. The molecule has 6 rings (SSSR count). The summed E-state index contributed by atoms with van der Waals surface area (Å²) in [5.41, 5.74) is 4.61. The molecule has 1 aromatic heterocycles. The van der Waals surface area contributed by atoms with Gasteiger partial charge in [0.25, 0.3) is 0 Å². The smallest absolute Gasteiger partial charge is 0.408 e. The molecular formula is C36H35N3O5. The highest BCUT2D eigenvalue weighted by Crippen LogP contribution is 2.36. The van der Waals surface area contributed by atoms with Gasteiger partial charge in [0.1, 0.15) is 24.8 Å². The second-order valence-electron chi connectivity index (χ2n) is 11.1. The van der Waals surface area contributed by atoms with Crippen LogP contribution in [0.3, 0.4) is 0 Å². The van der Waals surface area contributed by atoms with E-state index < -0.39 is 18.1 Å². The fourth-order valence-corrected chi connectivity index (χ4v) is 5.84. The zero-order chi connectivity index (χ0) is 30.3. The Bertz CT molecular complexity index is 1710. The number of aromatic carboxylic acids is 1. The Morgan fingerprint density at radius 1 is 0.886 bits per heavy atom. The van der Waals surface area contributed by atoms with Crippen molar-refractivity contribution in [2.75, 3.05) is 6.61 Å². The summed E-state index contributed by atoms with van der Waals surface area (Å²) < 4.78 is 13.9. The summed E-state index contributed by atoms with van der Waals surface area (Å²) in [7, 11) is 0. The number of nitrogens with one attached hydrogen (secondary N) is 1. The van der Waals surface area contributed by atoms with E-state index in [4.69, 9.17) is 14.5 Å². The maximum Gasteiger partial charge on any atom is 0.408 e. The van der Waals surface area contributed by atoms with Gasteiger partial charge in [0.05, 0.1) is 22.6 Å². The number of hydrogen-bond donors (Lipinski definition) is 2. The van der Waals surface area contributed by atoms with Crippen LogP contribution in [-0.2, 0) is 11.3 Å². The van der Waals surface area contributed by atoms with E-state index in [9.17, 15) is 14.7 Å². The Morgan fingerprint density at radius 2 is 1.59 bits per heavy atom. The predicted molar refractivity (Wildman–Crippen MR) is 169 cm³/mol. The normalized spacial score (nSPS) is 14.2. The number of carbonyl (C=O) groups excluding carboxylic acids is 1. The number of hydrogen-bond acceptors (Lipinski definition) is 5. The number of carboxylic acids is 1. The molecule has 1 aliphatic carbocycles. The lowest BCUT2D eigenvalue weighted by Crippen LogP contribution is -2.32. The monoisotopic (exact) mass is 589 g/mol. The highest BCUT2D eigenvalue weighted by atomic mass is 16.5. The molecule has 0 spiro atoms. The molecule has 1 unspecified atom stereocenters. The quantitative estimate of drug-likeness (QED) is 0.171. The van der Waals surface area contributed by atoms with Crippen molar-refractivity contribution in [2.24, 2.45) is 0 Å². The van der Waals surface area contributed by atoms with Crippen molar-refractivity contribution in [2.45, 2.75) is 50.8 Å². The summed E-state index contributed by atoms with van der Waals surface area (Å²) in [5.74, 6) is 0.517. The molecule has 224 valence electrons. The highest BCUT2D eigenvalue weighted by molar-refractivity contribution is 5.93. The van der Waals surface area contributed by atoms with Crippen molar-refractivity contribution in [3.8, 4) is 17.1 Å². The number of carbonyl (C=O) groups is 2. The SMILES string of the molecule is O=C(NC(COc1ccc(-c2nc3cc(C(=O)O)ccc3n2C2CCCCC2)cc1)c1ccccc1)OCc1ccccc1. The number of amides is 1. The first-order chi connectivity index (χ1) is 21.5. The van der Waals surface area contributed by atoms with Crippen LogP contribution in [0.15, 0.2) is 103 Å². The number of aromatic nitrogens is 2. The van der Waals surface area contributed by atoms with E-state index in [1.54, 1.807) is 12.1 Å². The fourth-order valence-electron chi connectivity index (χ4n) is 5.84. The molecule has 0 radical (unpaired) electrons. The maximum absolute atomic E-state index is 12.7. The summed E-state index contributed by atoms with van der Waals surface area (Å²) >= 11 is 0. The number of carboxylic acid groups (broad SMARTS) is 1. The summed E-state index contributed by atoms with van der Waals surface area (Å²) in [6.07, 6.45) is 5.19. The zero-order valence-corrected chi connectivity index (χ0v) is 24.4. The Morgan fingerprint density at radius 3 is 2.30 bits per heavy atom. The van der Waals surface area contributed by atoms with Crippen LogP contribution < -0.4 is 10.1 Å². The molecule has 1 aliphatic rings. The van der Waals surface area contributed by atoms with Gasteiger partial charge in [0.15, 0.2) is 0 Å². The van der Waals surface area contributed by atoms with Crippen LogP contribution in [-0.4, -0.2) is 33.3 Å². The molecule has 1 heterocycles. The first kappa shape index (κ1) is 29.0. The maximum atomic E-state index is 12.7.